The van der Waals surface area contributed by atoms with Crippen LogP contribution in [0.4, 0.5) is 4.39 Å². The molecule has 136 valence electrons. The fourth-order valence-corrected chi connectivity index (χ4v) is 3.97. The van der Waals surface area contributed by atoms with Crippen LogP contribution in [-0.4, -0.2) is 39.3 Å². The van der Waals surface area contributed by atoms with Crippen LogP contribution in [0.15, 0.2) is 18.2 Å². The summed E-state index contributed by atoms with van der Waals surface area (Å²) in [4.78, 5) is 2.36. The highest BCUT2D eigenvalue weighted by molar-refractivity contribution is 6.30. The molecule has 1 N–H and O–H groups in total. The number of hydrogen-bond donors (Lipinski definition) is 1. The second-order valence-electron chi connectivity index (χ2n) is 6.63. The minimum absolute atomic E-state index is 0. The summed E-state index contributed by atoms with van der Waals surface area (Å²) in [5.41, 5.74) is 0.935. The number of benzene rings is 1. The van der Waals surface area contributed by atoms with E-state index in [0.717, 1.165) is 69.3 Å². The van der Waals surface area contributed by atoms with Crippen molar-refractivity contribution in [2.75, 3.05) is 19.6 Å². The molecule has 0 spiro atoms. The Balaban J connectivity index is 0.00000182. The third-order valence-electron chi connectivity index (χ3n) is 4.93. The van der Waals surface area contributed by atoms with Gasteiger partial charge >= 0.3 is 0 Å². The maximum absolute atomic E-state index is 13.5. The number of nitrogens with one attached hydrogen (secondary N) is 1. The molecule has 5 nitrogen and oxygen atoms in total. The molecule has 8 heteroatoms. The van der Waals surface area contributed by atoms with Gasteiger partial charge in [-0.2, -0.15) is 0 Å². The third kappa shape index (κ3) is 4.14. The van der Waals surface area contributed by atoms with Crippen LogP contribution in [0, 0.1) is 5.82 Å². The second-order valence-corrected chi connectivity index (χ2v) is 7.07. The molecule has 3 heterocycles. The van der Waals surface area contributed by atoms with E-state index in [4.69, 9.17) is 11.6 Å². The average molecular weight is 386 g/mol. The number of hydrogen-bond acceptors (Lipinski definition) is 4. The van der Waals surface area contributed by atoms with Gasteiger partial charge in [0, 0.05) is 30.6 Å². The minimum Gasteiger partial charge on any atom is -0.312 e. The molecule has 2 aliphatic heterocycles. The maximum Gasteiger partial charge on any atom is 0.147 e. The topological polar surface area (TPSA) is 46.0 Å². The van der Waals surface area contributed by atoms with Crippen molar-refractivity contribution < 1.29 is 4.39 Å². The van der Waals surface area contributed by atoms with E-state index >= 15 is 0 Å². The van der Waals surface area contributed by atoms with Crippen molar-refractivity contribution in [1.29, 1.82) is 0 Å². The standard InChI is InChI=1S/C17H21ClFN5.ClH/c18-14-7-12(8-15(19)9-14)11-23-4-1-13(2-5-23)17-22-21-16-10-20-3-6-24(16)17;/h7-9,13,20H,1-6,10-11H2;1H. The van der Waals surface area contributed by atoms with E-state index in [9.17, 15) is 4.39 Å². The van der Waals surface area contributed by atoms with E-state index in [-0.39, 0.29) is 18.2 Å². The summed E-state index contributed by atoms with van der Waals surface area (Å²) in [6.07, 6.45) is 2.13. The van der Waals surface area contributed by atoms with Gasteiger partial charge in [0.15, 0.2) is 0 Å². The second kappa shape index (κ2) is 7.99. The number of likely N-dealkylation sites (tertiary alicyclic amines) is 1. The highest BCUT2D eigenvalue weighted by atomic mass is 35.5. The van der Waals surface area contributed by atoms with Crippen molar-refractivity contribution >= 4 is 24.0 Å². The Labute approximate surface area is 158 Å². The fourth-order valence-electron chi connectivity index (χ4n) is 3.73. The van der Waals surface area contributed by atoms with E-state index in [2.05, 4.69) is 25.0 Å². The van der Waals surface area contributed by atoms with Gasteiger partial charge in [-0.05, 0) is 49.7 Å². The molecule has 2 aliphatic rings. The Morgan fingerprint density at radius 1 is 1.16 bits per heavy atom. The van der Waals surface area contributed by atoms with E-state index in [1.54, 1.807) is 6.07 Å². The fraction of sp³-hybridized carbons (Fsp3) is 0.529. The molecule has 4 rings (SSSR count). The van der Waals surface area contributed by atoms with E-state index in [0.29, 0.717) is 10.9 Å². The quantitative estimate of drug-likeness (QED) is 0.881. The first-order valence-corrected chi connectivity index (χ1v) is 8.87. The Hall–Kier alpha value is -1.21. The molecule has 2 aromatic rings. The van der Waals surface area contributed by atoms with Crippen LogP contribution in [0.5, 0.6) is 0 Å². The maximum atomic E-state index is 13.5. The molecule has 1 fully saturated rings. The lowest BCUT2D eigenvalue weighted by molar-refractivity contribution is 0.199. The van der Waals surface area contributed by atoms with Crippen LogP contribution >= 0.6 is 24.0 Å². The Morgan fingerprint density at radius 2 is 1.96 bits per heavy atom. The van der Waals surface area contributed by atoms with Gasteiger partial charge in [-0.3, -0.25) is 4.90 Å². The number of nitrogens with zero attached hydrogens (tertiary/aromatic N) is 4. The average Bonchev–Trinajstić information content (AvgIpc) is 2.99. The van der Waals surface area contributed by atoms with Crippen molar-refractivity contribution in [3.63, 3.8) is 0 Å². The molecule has 1 aromatic heterocycles. The molecule has 0 unspecified atom stereocenters. The summed E-state index contributed by atoms with van der Waals surface area (Å²) in [6, 6.07) is 4.76. The summed E-state index contributed by atoms with van der Waals surface area (Å²) < 4.78 is 15.7. The number of piperidine rings is 1. The summed E-state index contributed by atoms with van der Waals surface area (Å²) in [5.74, 6) is 2.39. The Morgan fingerprint density at radius 3 is 2.72 bits per heavy atom. The summed E-state index contributed by atoms with van der Waals surface area (Å²) in [7, 11) is 0. The predicted octanol–water partition coefficient (Wildman–Crippen LogP) is 2.98. The van der Waals surface area contributed by atoms with Gasteiger partial charge in [0.2, 0.25) is 0 Å². The lowest BCUT2D eigenvalue weighted by Gasteiger charge is -2.32. The van der Waals surface area contributed by atoms with E-state index in [1.807, 2.05) is 6.07 Å². The van der Waals surface area contributed by atoms with Gasteiger partial charge in [-0.15, -0.1) is 22.6 Å². The Bertz CT molecular complexity index is 708. The van der Waals surface area contributed by atoms with Crippen LogP contribution in [0.25, 0.3) is 0 Å². The normalized spacial score (nSPS) is 18.6. The van der Waals surface area contributed by atoms with Crippen molar-refractivity contribution in [2.45, 2.75) is 38.4 Å². The third-order valence-corrected chi connectivity index (χ3v) is 5.15. The van der Waals surface area contributed by atoms with Gasteiger partial charge in [-0.1, -0.05) is 11.6 Å². The van der Waals surface area contributed by atoms with Crippen molar-refractivity contribution in [3.05, 3.63) is 46.3 Å². The van der Waals surface area contributed by atoms with Gasteiger partial charge in [-0.25, -0.2) is 4.39 Å². The zero-order valence-electron chi connectivity index (χ0n) is 13.9. The van der Waals surface area contributed by atoms with Gasteiger partial charge in [0.25, 0.3) is 0 Å². The minimum atomic E-state index is -0.268. The lowest BCUT2D eigenvalue weighted by atomic mass is 9.95. The van der Waals surface area contributed by atoms with Crippen LogP contribution in [0.1, 0.15) is 36.0 Å². The van der Waals surface area contributed by atoms with Gasteiger partial charge < -0.3 is 9.88 Å². The van der Waals surface area contributed by atoms with Gasteiger partial charge in [0.05, 0.1) is 6.54 Å². The highest BCUT2D eigenvalue weighted by Crippen LogP contribution is 2.28. The zero-order chi connectivity index (χ0) is 16.5. The molecule has 1 saturated heterocycles. The summed E-state index contributed by atoms with van der Waals surface area (Å²) >= 11 is 5.94. The van der Waals surface area contributed by atoms with Crippen LogP contribution < -0.4 is 5.32 Å². The molecular weight excluding hydrogens is 364 g/mol. The van der Waals surface area contributed by atoms with Crippen LogP contribution in [0.2, 0.25) is 5.02 Å². The van der Waals surface area contributed by atoms with Crippen molar-refractivity contribution in [3.8, 4) is 0 Å². The lowest BCUT2D eigenvalue weighted by Crippen LogP contribution is -2.34. The Kier molecular flexibility index (Phi) is 5.94. The molecular formula is C17H22Cl2FN5. The summed E-state index contributed by atoms with van der Waals surface area (Å²) in [6.45, 7) is 5.47. The first kappa shape index (κ1) is 18.6. The number of aromatic nitrogens is 3. The molecule has 0 aliphatic carbocycles. The molecule has 25 heavy (non-hydrogen) atoms. The SMILES string of the molecule is Cl.Fc1cc(Cl)cc(CN2CCC(c3nnc4n3CCNC4)CC2)c1. The van der Waals surface area contributed by atoms with Gasteiger partial charge in [0.1, 0.15) is 17.5 Å². The first-order chi connectivity index (χ1) is 11.7. The smallest absolute Gasteiger partial charge is 0.147 e. The summed E-state index contributed by atoms with van der Waals surface area (Å²) in [5, 5.41) is 12.5. The van der Waals surface area contributed by atoms with Crippen molar-refractivity contribution in [2.24, 2.45) is 0 Å². The molecule has 0 radical (unpaired) electrons. The molecule has 0 saturated carbocycles. The largest absolute Gasteiger partial charge is 0.312 e. The van der Waals surface area contributed by atoms with E-state index in [1.165, 1.54) is 6.07 Å². The number of halogens is 3. The first-order valence-electron chi connectivity index (χ1n) is 8.49. The molecule has 0 amide bonds. The van der Waals surface area contributed by atoms with Crippen LogP contribution in [-0.2, 0) is 19.6 Å². The molecule has 0 atom stereocenters. The zero-order valence-corrected chi connectivity index (χ0v) is 15.5. The van der Waals surface area contributed by atoms with Crippen molar-refractivity contribution in [1.82, 2.24) is 25.0 Å². The highest BCUT2D eigenvalue weighted by Gasteiger charge is 2.27. The number of fused-ring (bicyclic) bond motifs is 1. The van der Waals surface area contributed by atoms with Crippen LogP contribution in [0.3, 0.4) is 0 Å². The van der Waals surface area contributed by atoms with E-state index < -0.39 is 0 Å². The molecule has 0 bridgehead atoms. The monoisotopic (exact) mass is 385 g/mol. The number of rotatable bonds is 3. The molecule has 1 aromatic carbocycles. The predicted molar refractivity (Wildman–Crippen MR) is 97.6 cm³/mol.